The van der Waals surface area contributed by atoms with Crippen LogP contribution in [-0.4, -0.2) is 37.7 Å². The Morgan fingerprint density at radius 1 is 1.11 bits per heavy atom. The van der Waals surface area contributed by atoms with E-state index in [1.165, 1.54) is 54.6 Å². The molecule has 0 bridgehead atoms. The third-order valence-electron chi connectivity index (χ3n) is 4.31. The van der Waals surface area contributed by atoms with Crippen LogP contribution in [-0.2, 0) is 15.8 Å². The van der Waals surface area contributed by atoms with Crippen molar-refractivity contribution in [3.8, 4) is 11.3 Å². The number of aromatic nitrogens is 1. The number of sulfonamides is 1. The fourth-order valence-electron chi connectivity index (χ4n) is 2.80. The van der Waals surface area contributed by atoms with Gasteiger partial charge in [-0.25, -0.2) is 17.7 Å². The minimum atomic E-state index is -3.52. The van der Waals surface area contributed by atoms with E-state index in [0.717, 1.165) is 26.2 Å². The van der Waals surface area contributed by atoms with Crippen molar-refractivity contribution >= 4 is 44.2 Å². The maximum Gasteiger partial charge on any atom is 0.257 e. The summed E-state index contributed by atoms with van der Waals surface area (Å²) in [6.07, 6.45) is 0. The van der Waals surface area contributed by atoms with Gasteiger partial charge in [0.05, 0.1) is 10.6 Å². The van der Waals surface area contributed by atoms with E-state index in [1.807, 2.05) is 18.2 Å². The van der Waals surface area contributed by atoms with Gasteiger partial charge in [-0.05, 0) is 30.3 Å². The SMILES string of the molecule is CN(C)S(=O)(=O)c1ccc(C(=O)Nc2nc3c(s2)CSc2ccccc2-3)cc1. The van der Waals surface area contributed by atoms with Crippen LogP contribution in [0.5, 0.6) is 0 Å². The van der Waals surface area contributed by atoms with Crippen molar-refractivity contribution in [3.63, 3.8) is 0 Å². The zero-order valence-electron chi connectivity index (χ0n) is 15.2. The summed E-state index contributed by atoms with van der Waals surface area (Å²) in [4.78, 5) is 19.6. The fraction of sp³-hybridized carbons (Fsp3) is 0.158. The first-order valence-electron chi connectivity index (χ1n) is 8.42. The van der Waals surface area contributed by atoms with E-state index < -0.39 is 10.0 Å². The standard InChI is InChI=1S/C19H17N3O3S3/c1-22(2)28(24,25)13-9-7-12(8-10-13)18(23)21-19-20-17-14-5-3-4-6-15(14)26-11-16(17)27-19/h3-10H,11H2,1-2H3,(H,20,21,23). The topological polar surface area (TPSA) is 79.4 Å². The molecule has 0 spiro atoms. The summed E-state index contributed by atoms with van der Waals surface area (Å²) in [5, 5.41) is 3.37. The zero-order valence-corrected chi connectivity index (χ0v) is 17.6. The number of anilines is 1. The van der Waals surface area contributed by atoms with E-state index in [0.29, 0.717) is 10.7 Å². The Balaban J connectivity index is 1.55. The quantitative estimate of drug-likeness (QED) is 0.677. The normalized spacial score (nSPS) is 13.1. The predicted octanol–water partition coefficient (Wildman–Crippen LogP) is 3.92. The summed E-state index contributed by atoms with van der Waals surface area (Å²) >= 11 is 3.23. The molecule has 9 heteroatoms. The number of rotatable bonds is 4. The highest BCUT2D eigenvalue weighted by Gasteiger charge is 2.22. The van der Waals surface area contributed by atoms with Gasteiger partial charge in [-0.15, -0.1) is 23.1 Å². The molecule has 6 nitrogen and oxygen atoms in total. The van der Waals surface area contributed by atoms with Gasteiger partial charge in [-0.1, -0.05) is 18.2 Å². The average Bonchev–Trinajstić information content (AvgIpc) is 3.11. The molecule has 1 amide bonds. The molecule has 0 saturated carbocycles. The molecule has 3 aromatic rings. The van der Waals surface area contributed by atoms with Crippen molar-refractivity contribution in [1.82, 2.24) is 9.29 Å². The molecular formula is C19H17N3O3S3. The number of hydrogen-bond donors (Lipinski definition) is 1. The lowest BCUT2D eigenvalue weighted by molar-refractivity contribution is 0.102. The first-order valence-corrected chi connectivity index (χ1v) is 11.7. The number of carbonyl (C=O) groups is 1. The van der Waals surface area contributed by atoms with E-state index >= 15 is 0 Å². The van der Waals surface area contributed by atoms with Gasteiger partial charge in [-0.2, -0.15) is 0 Å². The molecule has 1 N–H and O–H groups in total. The molecule has 2 heterocycles. The Morgan fingerprint density at radius 3 is 2.54 bits per heavy atom. The van der Waals surface area contributed by atoms with Crippen LogP contribution in [0.25, 0.3) is 11.3 Å². The van der Waals surface area contributed by atoms with Crippen molar-refractivity contribution in [2.24, 2.45) is 0 Å². The zero-order chi connectivity index (χ0) is 19.9. The van der Waals surface area contributed by atoms with Crippen LogP contribution in [0.15, 0.2) is 58.3 Å². The van der Waals surface area contributed by atoms with Crippen molar-refractivity contribution in [3.05, 3.63) is 59.0 Å². The third kappa shape index (κ3) is 3.46. The summed E-state index contributed by atoms with van der Waals surface area (Å²) in [7, 11) is -0.582. The highest BCUT2D eigenvalue weighted by Crippen LogP contribution is 2.44. The number of hydrogen-bond acceptors (Lipinski definition) is 6. The number of nitrogens with zero attached hydrogens (tertiary/aromatic N) is 2. The summed E-state index contributed by atoms with van der Waals surface area (Å²) in [6.45, 7) is 0. The summed E-state index contributed by atoms with van der Waals surface area (Å²) < 4.78 is 25.4. The second kappa shape index (κ2) is 7.32. The summed E-state index contributed by atoms with van der Waals surface area (Å²) in [6, 6.07) is 14.0. The van der Waals surface area contributed by atoms with Gasteiger partial charge in [0, 0.05) is 40.7 Å². The van der Waals surface area contributed by atoms with E-state index in [2.05, 4.69) is 16.4 Å². The lowest BCUT2D eigenvalue weighted by Gasteiger charge is -2.13. The van der Waals surface area contributed by atoms with Crippen LogP contribution in [0.4, 0.5) is 5.13 Å². The Morgan fingerprint density at radius 2 is 1.82 bits per heavy atom. The van der Waals surface area contributed by atoms with E-state index in [9.17, 15) is 13.2 Å². The lowest BCUT2D eigenvalue weighted by atomic mass is 10.1. The molecule has 1 aromatic heterocycles. The smallest absolute Gasteiger partial charge is 0.257 e. The number of fused-ring (bicyclic) bond motifs is 3. The van der Waals surface area contributed by atoms with Crippen LogP contribution >= 0.6 is 23.1 Å². The van der Waals surface area contributed by atoms with Crippen molar-refractivity contribution in [2.75, 3.05) is 19.4 Å². The van der Waals surface area contributed by atoms with Crippen molar-refractivity contribution in [1.29, 1.82) is 0 Å². The number of nitrogens with one attached hydrogen (secondary N) is 1. The molecule has 2 aromatic carbocycles. The molecule has 28 heavy (non-hydrogen) atoms. The van der Waals surface area contributed by atoms with Gasteiger partial charge in [0.25, 0.3) is 5.91 Å². The van der Waals surface area contributed by atoms with E-state index in [-0.39, 0.29) is 10.8 Å². The first-order chi connectivity index (χ1) is 13.4. The Labute approximate surface area is 171 Å². The molecular weight excluding hydrogens is 414 g/mol. The minimum Gasteiger partial charge on any atom is -0.298 e. The van der Waals surface area contributed by atoms with Gasteiger partial charge in [0.1, 0.15) is 0 Å². The average molecular weight is 432 g/mol. The highest BCUT2D eigenvalue weighted by molar-refractivity contribution is 7.98. The maximum atomic E-state index is 12.6. The molecule has 144 valence electrons. The summed E-state index contributed by atoms with van der Waals surface area (Å²) in [5.41, 5.74) is 2.38. The molecule has 0 radical (unpaired) electrons. The molecule has 1 aliphatic heterocycles. The molecule has 0 saturated heterocycles. The van der Waals surface area contributed by atoms with E-state index in [1.54, 1.807) is 11.8 Å². The van der Waals surface area contributed by atoms with Crippen LogP contribution in [0.1, 0.15) is 15.2 Å². The van der Waals surface area contributed by atoms with Crippen LogP contribution in [0, 0.1) is 0 Å². The largest absolute Gasteiger partial charge is 0.298 e. The van der Waals surface area contributed by atoms with Gasteiger partial charge in [-0.3, -0.25) is 10.1 Å². The van der Waals surface area contributed by atoms with Crippen LogP contribution in [0.2, 0.25) is 0 Å². The molecule has 0 aliphatic carbocycles. The number of benzene rings is 2. The Kier molecular flexibility index (Phi) is 5.00. The van der Waals surface area contributed by atoms with Gasteiger partial charge >= 0.3 is 0 Å². The Hall–Kier alpha value is -2.20. The number of carbonyl (C=O) groups excluding carboxylic acids is 1. The van der Waals surface area contributed by atoms with Gasteiger partial charge in [0.15, 0.2) is 5.13 Å². The van der Waals surface area contributed by atoms with Crippen molar-refractivity contribution in [2.45, 2.75) is 15.5 Å². The van der Waals surface area contributed by atoms with Crippen LogP contribution in [0.3, 0.4) is 0 Å². The lowest BCUT2D eigenvalue weighted by Crippen LogP contribution is -2.22. The van der Waals surface area contributed by atoms with Gasteiger partial charge in [0.2, 0.25) is 10.0 Å². The minimum absolute atomic E-state index is 0.146. The Bertz CT molecular complexity index is 1150. The first kappa shape index (κ1) is 19.1. The number of amides is 1. The van der Waals surface area contributed by atoms with Gasteiger partial charge < -0.3 is 0 Å². The van der Waals surface area contributed by atoms with Crippen LogP contribution < -0.4 is 5.32 Å². The molecule has 0 fully saturated rings. The number of thiazole rings is 1. The second-order valence-electron chi connectivity index (χ2n) is 6.34. The monoisotopic (exact) mass is 431 g/mol. The second-order valence-corrected chi connectivity index (χ2v) is 10.6. The highest BCUT2D eigenvalue weighted by atomic mass is 32.2. The van der Waals surface area contributed by atoms with E-state index in [4.69, 9.17) is 0 Å². The predicted molar refractivity (Wildman–Crippen MR) is 112 cm³/mol. The van der Waals surface area contributed by atoms with Crippen molar-refractivity contribution < 1.29 is 13.2 Å². The number of thioether (sulfide) groups is 1. The molecule has 0 unspecified atom stereocenters. The molecule has 0 atom stereocenters. The fourth-order valence-corrected chi connectivity index (χ4v) is 5.80. The third-order valence-corrected chi connectivity index (χ3v) is 8.40. The summed E-state index contributed by atoms with van der Waals surface area (Å²) in [5.74, 6) is 0.512. The maximum absolute atomic E-state index is 12.6. The molecule has 1 aliphatic rings. The molecule has 4 rings (SSSR count).